The Balaban J connectivity index is 1.62. The Morgan fingerprint density at radius 3 is 2.50 bits per heavy atom. The summed E-state index contributed by atoms with van der Waals surface area (Å²) in [6.45, 7) is 2.93. The first kappa shape index (κ1) is 22.4. The van der Waals surface area contributed by atoms with Crippen molar-refractivity contribution < 1.29 is 18.0 Å². The van der Waals surface area contributed by atoms with Crippen LogP contribution in [0.3, 0.4) is 0 Å². The second kappa shape index (κ2) is 8.13. The Labute approximate surface area is 199 Å². The molecule has 12 heteroatoms. The van der Waals surface area contributed by atoms with Crippen LogP contribution in [0.2, 0.25) is 0 Å². The number of nitrogen functional groups attached to an aromatic ring is 1. The van der Waals surface area contributed by atoms with Gasteiger partial charge >= 0.3 is 0 Å². The van der Waals surface area contributed by atoms with Gasteiger partial charge in [-0.05, 0) is 26.7 Å². The third-order valence-electron chi connectivity index (χ3n) is 6.17. The number of carbonyl (C=O) groups excluding carboxylic acids is 2. The highest BCUT2D eigenvalue weighted by atomic mass is 32.2. The quantitative estimate of drug-likeness (QED) is 0.414. The zero-order chi connectivity index (χ0) is 24.2. The number of sulfone groups is 1. The number of carbonyl (C=O) groups is 2. The average Bonchev–Trinajstić information content (AvgIpc) is 3.51. The zero-order valence-corrected chi connectivity index (χ0v) is 20.2. The second-order valence-corrected chi connectivity index (χ2v) is 11.5. The van der Waals surface area contributed by atoms with Crippen molar-refractivity contribution in [3.05, 3.63) is 46.2 Å². The van der Waals surface area contributed by atoms with Crippen molar-refractivity contribution in [1.82, 2.24) is 24.4 Å². The van der Waals surface area contributed by atoms with Gasteiger partial charge in [-0.25, -0.2) is 18.1 Å². The number of fused-ring (bicyclic) bond motifs is 1. The van der Waals surface area contributed by atoms with Gasteiger partial charge in [-0.1, -0.05) is 0 Å². The standard InChI is InChI=1S/C22H22N6O4S2/c1-12(29)17-10-33-11-18(17)27-9-15(7-24-27)16-8-25-28-21(23)19(13(2)30)20(26-22(16)28)14-3-5-34(31,32)6-4-14/h7-11,14H,3-6,23H2,1-2H3. The minimum Gasteiger partial charge on any atom is -0.383 e. The van der Waals surface area contributed by atoms with Crippen molar-refractivity contribution in [2.75, 3.05) is 17.2 Å². The Kier molecular flexibility index (Phi) is 5.36. The van der Waals surface area contributed by atoms with Gasteiger partial charge in [0.1, 0.15) is 15.7 Å². The molecular weight excluding hydrogens is 476 g/mol. The summed E-state index contributed by atoms with van der Waals surface area (Å²) < 4.78 is 26.9. The highest BCUT2D eigenvalue weighted by Gasteiger charge is 2.31. The second-order valence-electron chi connectivity index (χ2n) is 8.43. The number of aromatic nitrogens is 5. The molecule has 5 rings (SSSR count). The third kappa shape index (κ3) is 3.72. The first-order valence-corrected chi connectivity index (χ1v) is 13.4. The van der Waals surface area contributed by atoms with E-state index in [9.17, 15) is 18.0 Å². The van der Waals surface area contributed by atoms with Crippen LogP contribution >= 0.6 is 11.3 Å². The molecule has 2 N–H and O–H groups in total. The van der Waals surface area contributed by atoms with Crippen molar-refractivity contribution in [2.45, 2.75) is 32.6 Å². The van der Waals surface area contributed by atoms with Gasteiger partial charge in [0.25, 0.3) is 0 Å². The molecule has 0 aliphatic carbocycles. The van der Waals surface area contributed by atoms with Crippen LogP contribution in [0.15, 0.2) is 29.4 Å². The maximum Gasteiger partial charge on any atom is 0.165 e. The van der Waals surface area contributed by atoms with Crippen molar-refractivity contribution in [3.8, 4) is 16.8 Å². The van der Waals surface area contributed by atoms with Crippen molar-refractivity contribution in [3.63, 3.8) is 0 Å². The van der Waals surface area contributed by atoms with Crippen molar-refractivity contribution >= 4 is 44.2 Å². The zero-order valence-electron chi connectivity index (χ0n) is 18.6. The van der Waals surface area contributed by atoms with Gasteiger partial charge < -0.3 is 5.73 Å². The average molecular weight is 499 g/mol. The minimum atomic E-state index is -3.07. The summed E-state index contributed by atoms with van der Waals surface area (Å²) in [5.74, 6) is -0.191. The number of hydrogen-bond acceptors (Lipinski definition) is 9. The molecule has 1 saturated heterocycles. The minimum absolute atomic E-state index is 0.0466. The van der Waals surface area contributed by atoms with Crippen LogP contribution < -0.4 is 5.73 Å². The molecule has 4 aromatic heterocycles. The van der Waals surface area contributed by atoms with Crippen molar-refractivity contribution in [1.29, 1.82) is 0 Å². The molecule has 5 heterocycles. The van der Waals surface area contributed by atoms with Gasteiger partial charge in [0.15, 0.2) is 17.2 Å². The first-order valence-electron chi connectivity index (χ1n) is 10.7. The van der Waals surface area contributed by atoms with Crippen LogP contribution in [-0.4, -0.2) is 55.9 Å². The van der Waals surface area contributed by atoms with E-state index in [1.165, 1.54) is 29.7 Å². The highest BCUT2D eigenvalue weighted by Crippen LogP contribution is 2.35. The summed E-state index contributed by atoms with van der Waals surface area (Å²) in [6.07, 6.45) is 5.83. The number of ketones is 2. The monoisotopic (exact) mass is 498 g/mol. The molecule has 0 atom stereocenters. The van der Waals surface area contributed by atoms with Gasteiger partial charge in [0.05, 0.1) is 46.4 Å². The van der Waals surface area contributed by atoms with Crippen LogP contribution in [0.25, 0.3) is 22.5 Å². The van der Waals surface area contributed by atoms with Gasteiger partial charge in [-0.2, -0.15) is 14.7 Å². The molecule has 0 saturated carbocycles. The number of nitrogens with zero attached hydrogens (tertiary/aromatic N) is 5. The molecule has 1 aliphatic heterocycles. The number of nitrogens with two attached hydrogens (primary N) is 1. The Morgan fingerprint density at radius 1 is 1.09 bits per heavy atom. The van der Waals surface area contributed by atoms with Gasteiger partial charge in [0, 0.05) is 34.0 Å². The number of anilines is 1. The Bertz CT molecular complexity index is 1550. The number of hydrogen-bond donors (Lipinski definition) is 1. The van der Waals surface area contributed by atoms with E-state index < -0.39 is 9.84 Å². The van der Waals surface area contributed by atoms with Crippen LogP contribution in [-0.2, 0) is 9.84 Å². The summed E-state index contributed by atoms with van der Waals surface area (Å²) in [5, 5.41) is 12.4. The first-order chi connectivity index (χ1) is 16.2. The molecule has 34 heavy (non-hydrogen) atoms. The lowest BCUT2D eigenvalue weighted by molar-refractivity contribution is 0.100. The molecule has 176 valence electrons. The summed E-state index contributed by atoms with van der Waals surface area (Å²) >= 11 is 1.42. The fourth-order valence-electron chi connectivity index (χ4n) is 4.38. The molecule has 1 fully saturated rings. The largest absolute Gasteiger partial charge is 0.383 e. The molecule has 0 unspecified atom stereocenters. The summed E-state index contributed by atoms with van der Waals surface area (Å²) in [6, 6.07) is 0. The van der Waals surface area contributed by atoms with E-state index in [-0.39, 0.29) is 40.4 Å². The third-order valence-corrected chi connectivity index (χ3v) is 8.61. The molecule has 0 aromatic carbocycles. The molecule has 0 radical (unpaired) electrons. The molecule has 4 aromatic rings. The van der Waals surface area contributed by atoms with Crippen LogP contribution in [0.1, 0.15) is 59.0 Å². The van der Waals surface area contributed by atoms with E-state index in [2.05, 4.69) is 10.2 Å². The summed E-state index contributed by atoms with van der Waals surface area (Å²) in [7, 11) is -3.07. The van der Waals surface area contributed by atoms with Crippen molar-refractivity contribution in [2.24, 2.45) is 0 Å². The molecule has 0 spiro atoms. The maximum absolute atomic E-state index is 12.5. The lowest BCUT2D eigenvalue weighted by atomic mass is 9.93. The van der Waals surface area contributed by atoms with E-state index in [0.29, 0.717) is 41.0 Å². The molecule has 0 bridgehead atoms. The summed E-state index contributed by atoms with van der Waals surface area (Å²) in [5.41, 5.74) is 10.3. The van der Waals surface area contributed by atoms with Gasteiger partial charge in [-0.3, -0.25) is 9.59 Å². The fraction of sp³-hybridized carbons (Fsp3) is 0.318. The molecule has 1 aliphatic rings. The van der Waals surface area contributed by atoms with Crippen LogP contribution in [0.5, 0.6) is 0 Å². The van der Waals surface area contributed by atoms with Crippen LogP contribution in [0, 0.1) is 0 Å². The molecule has 10 nitrogen and oxygen atoms in total. The lowest BCUT2D eigenvalue weighted by Crippen LogP contribution is -2.25. The number of Topliss-reactive ketones (excluding diaryl/α,β-unsaturated/α-hetero) is 2. The Hall–Kier alpha value is -3.38. The maximum atomic E-state index is 12.5. The lowest BCUT2D eigenvalue weighted by Gasteiger charge is -2.24. The summed E-state index contributed by atoms with van der Waals surface area (Å²) in [4.78, 5) is 29.2. The fourth-order valence-corrected chi connectivity index (χ4v) is 6.73. The molecule has 0 amide bonds. The van der Waals surface area contributed by atoms with Gasteiger partial charge in [0.2, 0.25) is 0 Å². The normalized spacial score (nSPS) is 16.2. The Morgan fingerprint density at radius 2 is 1.82 bits per heavy atom. The van der Waals surface area contributed by atoms with E-state index in [4.69, 9.17) is 10.7 Å². The SMILES string of the molecule is CC(=O)c1cscc1-n1cc(-c2cnn3c(N)c(C(C)=O)c(C4CCS(=O)(=O)CC4)nc23)cn1. The predicted molar refractivity (Wildman–Crippen MR) is 128 cm³/mol. The van der Waals surface area contributed by atoms with E-state index in [1.54, 1.807) is 28.7 Å². The van der Waals surface area contributed by atoms with E-state index in [1.807, 2.05) is 5.38 Å². The number of rotatable bonds is 5. The number of thiophene rings is 1. The predicted octanol–water partition coefficient (Wildman–Crippen LogP) is 2.92. The van der Waals surface area contributed by atoms with Gasteiger partial charge in [-0.15, -0.1) is 11.3 Å². The smallest absolute Gasteiger partial charge is 0.165 e. The van der Waals surface area contributed by atoms with E-state index in [0.717, 1.165) is 5.56 Å². The molecular formula is C22H22N6O4S2. The van der Waals surface area contributed by atoms with E-state index >= 15 is 0 Å². The topological polar surface area (TPSA) is 142 Å². The van der Waals surface area contributed by atoms with Crippen LogP contribution in [0.4, 0.5) is 5.82 Å². The highest BCUT2D eigenvalue weighted by molar-refractivity contribution is 7.91.